The molecule has 0 radical (unpaired) electrons. The van der Waals surface area contributed by atoms with Gasteiger partial charge in [-0.25, -0.2) is 9.97 Å². The summed E-state index contributed by atoms with van der Waals surface area (Å²) in [5, 5.41) is 0. The first-order valence-corrected chi connectivity index (χ1v) is 16.7. The first-order chi connectivity index (χ1) is 24.8. The van der Waals surface area contributed by atoms with Gasteiger partial charge in [0.15, 0.2) is 0 Å². The third-order valence-electron chi connectivity index (χ3n) is 7.67. The summed E-state index contributed by atoms with van der Waals surface area (Å²) in [5.41, 5.74) is 6.34. The number of pyridine rings is 2. The molecule has 254 valence electrons. The van der Waals surface area contributed by atoms with E-state index in [0.717, 1.165) is 44.9 Å². The van der Waals surface area contributed by atoms with Crippen molar-refractivity contribution >= 4 is 0 Å². The number of benzene rings is 4. The second-order valence-electron chi connectivity index (χ2n) is 11.3. The van der Waals surface area contributed by atoms with Crippen LogP contribution in [0.5, 0.6) is 23.3 Å². The number of hydrogen-bond donors (Lipinski definition) is 0. The summed E-state index contributed by atoms with van der Waals surface area (Å²) < 4.78 is 34.5. The smallest absolute Gasteiger partial charge is 0.213 e. The lowest BCUT2D eigenvalue weighted by Crippen LogP contribution is -2.13. The quantitative estimate of drug-likeness (QED) is 0.0796. The molecule has 0 fully saturated rings. The lowest BCUT2D eigenvalue weighted by Gasteiger charge is -2.10. The molecule has 0 saturated heterocycles. The van der Waals surface area contributed by atoms with Gasteiger partial charge in [0, 0.05) is 35.7 Å². The summed E-state index contributed by atoms with van der Waals surface area (Å²) in [5.74, 6) is 2.77. The standard InChI is InChI=1S/C42H40N2O6/c1-3-7-33(8-4-1)31-49-41-21-15-37(29-43-41)35-11-17-39(18-12-35)47-27-25-45-23-24-46-26-28-48-40-19-13-36(14-20-40)38-16-22-42(44-30-38)50-32-34-9-5-2-6-10-34/h1-22,29-30H,23-28,31-32H2. The number of nitrogens with zero attached hydrogens (tertiary/aromatic N) is 2. The maximum Gasteiger partial charge on any atom is 0.213 e. The molecular formula is C42H40N2O6. The minimum absolute atomic E-state index is 0.454. The molecular weight excluding hydrogens is 628 g/mol. The highest BCUT2D eigenvalue weighted by Gasteiger charge is 2.04. The minimum Gasteiger partial charge on any atom is -0.491 e. The third-order valence-corrected chi connectivity index (χ3v) is 7.67. The summed E-state index contributed by atoms with van der Waals surface area (Å²) in [4.78, 5) is 8.88. The van der Waals surface area contributed by atoms with E-state index < -0.39 is 0 Å². The molecule has 0 amide bonds. The highest BCUT2D eigenvalue weighted by atomic mass is 16.6. The molecule has 8 nitrogen and oxygen atoms in total. The van der Waals surface area contributed by atoms with E-state index in [9.17, 15) is 0 Å². The van der Waals surface area contributed by atoms with E-state index in [1.165, 1.54) is 0 Å². The molecule has 50 heavy (non-hydrogen) atoms. The zero-order valence-electron chi connectivity index (χ0n) is 27.9. The third kappa shape index (κ3) is 10.9. The van der Waals surface area contributed by atoms with Crippen LogP contribution in [0.4, 0.5) is 0 Å². The molecule has 0 N–H and O–H groups in total. The number of ether oxygens (including phenoxy) is 6. The van der Waals surface area contributed by atoms with Crippen molar-refractivity contribution in [2.24, 2.45) is 0 Å². The lowest BCUT2D eigenvalue weighted by molar-refractivity contribution is 0.0273. The van der Waals surface area contributed by atoms with Crippen LogP contribution in [0.1, 0.15) is 11.1 Å². The van der Waals surface area contributed by atoms with Gasteiger partial charge in [-0.1, -0.05) is 84.9 Å². The highest BCUT2D eigenvalue weighted by Crippen LogP contribution is 2.25. The van der Waals surface area contributed by atoms with Gasteiger partial charge in [-0.05, 0) is 58.7 Å². The van der Waals surface area contributed by atoms with Gasteiger partial charge in [0.1, 0.15) is 37.9 Å². The molecule has 2 heterocycles. The van der Waals surface area contributed by atoms with E-state index in [0.29, 0.717) is 64.6 Å². The number of rotatable bonds is 19. The highest BCUT2D eigenvalue weighted by molar-refractivity contribution is 5.64. The fourth-order valence-corrected chi connectivity index (χ4v) is 4.98. The van der Waals surface area contributed by atoms with E-state index in [-0.39, 0.29) is 0 Å². The van der Waals surface area contributed by atoms with Crippen LogP contribution in [-0.2, 0) is 22.7 Å². The minimum atomic E-state index is 0.454. The van der Waals surface area contributed by atoms with Gasteiger partial charge in [-0.15, -0.1) is 0 Å². The zero-order chi connectivity index (χ0) is 34.1. The molecule has 0 spiro atoms. The SMILES string of the molecule is c1ccc(COc2ccc(-c3ccc(OCCOCCOCCOc4ccc(-c5ccc(OCc6ccccc6)nc5)cc4)cc3)cn2)cc1. The summed E-state index contributed by atoms with van der Waals surface area (Å²) in [6.07, 6.45) is 3.64. The summed E-state index contributed by atoms with van der Waals surface area (Å²) in [6.45, 7) is 3.81. The van der Waals surface area contributed by atoms with E-state index in [1.54, 1.807) is 0 Å². The van der Waals surface area contributed by atoms with Gasteiger partial charge >= 0.3 is 0 Å². The maximum absolute atomic E-state index is 5.82. The average Bonchev–Trinajstić information content (AvgIpc) is 3.19. The van der Waals surface area contributed by atoms with Crippen molar-refractivity contribution in [2.45, 2.75) is 13.2 Å². The molecule has 6 rings (SSSR count). The van der Waals surface area contributed by atoms with Crippen molar-refractivity contribution in [2.75, 3.05) is 39.6 Å². The van der Waals surface area contributed by atoms with Crippen molar-refractivity contribution in [3.05, 3.63) is 157 Å². The average molecular weight is 669 g/mol. The van der Waals surface area contributed by atoms with Gasteiger partial charge in [-0.3, -0.25) is 0 Å². The van der Waals surface area contributed by atoms with Gasteiger partial charge in [0.25, 0.3) is 0 Å². The van der Waals surface area contributed by atoms with Crippen LogP contribution in [0.15, 0.2) is 146 Å². The summed E-state index contributed by atoms with van der Waals surface area (Å²) >= 11 is 0. The first kappa shape index (κ1) is 34.2. The normalized spacial score (nSPS) is 10.8. The molecule has 0 unspecified atom stereocenters. The first-order valence-electron chi connectivity index (χ1n) is 16.7. The van der Waals surface area contributed by atoms with Crippen LogP contribution in [0.2, 0.25) is 0 Å². The Morgan fingerprint density at radius 1 is 0.340 bits per heavy atom. The fourth-order valence-electron chi connectivity index (χ4n) is 4.98. The van der Waals surface area contributed by atoms with Crippen molar-refractivity contribution in [1.29, 1.82) is 0 Å². The summed E-state index contributed by atoms with van der Waals surface area (Å²) in [7, 11) is 0. The van der Waals surface area contributed by atoms with Gasteiger partial charge in [0.2, 0.25) is 11.8 Å². The Balaban J connectivity index is 0.793. The molecule has 0 aliphatic heterocycles. The predicted molar refractivity (Wildman–Crippen MR) is 194 cm³/mol. The number of aromatic nitrogens is 2. The Morgan fingerprint density at radius 2 is 0.720 bits per heavy atom. The zero-order valence-corrected chi connectivity index (χ0v) is 27.9. The van der Waals surface area contributed by atoms with Gasteiger partial charge < -0.3 is 28.4 Å². The largest absolute Gasteiger partial charge is 0.491 e. The lowest BCUT2D eigenvalue weighted by atomic mass is 10.1. The molecule has 0 bridgehead atoms. The Hall–Kier alpha value is -5.70. The van der Waals surface area contributed by atoms with Gasteiger partial charge in [-0.2, -0.15) is 0 Å². The topological polar surface area (TPSA) is 81.2 Å². The second kappa shape index (κ2) is 18.7. The molecule has 0 aliphatic carbocycles. The van der Waals surface area contributed by atoms with Crippen LogP contribution in [0, 0.1) is 0 Å². The Kier molecular flexibility index (Phi) is 12.8. The molecule has 0 saturated carbocycles. The molecule has 8 heteroatoms. The van der Waals surface area contributed by atoms with E-state index in [4.69, 9.17) is 28.4 Å². The van der Waals surface area contributed by atoms with E-state index in [1.807, 2.05) is 146 Å². The fraction of sp³-hybridized carbons (Fsp3) is 0.190. The van der Waals surface area contributed by atoms with Crippen molar-refractivity contribution in [1.82, 2.24) is 9.97 Å². The van der Waals surface area contributed by atoms with Crippen LogP contribution in [-0.4, -0.2) is 49.6 Å². The van der Waals surface area contributed by atoms with E-state index in [2.05, 4.69) is 9.97 Å². The van der Waals surface area contributed by atoms with Crippen LogP contribution in [0.25, 0.3) is 22.3 Å². The predicted octanol–water partition coefficient (Wildman–Crippen LogP) is 8.46. The van der Waals surface area contributed by atoms with Crippen LogP contribution >= 0.6 is 0 Å². The Morgan fingerprint density at radius 3 is 1.10 bits per heavy atom. The molecule has 6 aromatic rings. The maximum atomic E-state index is 5.82. The molecule has 4 aromatic carbocycles. The van der Waals surface area contributed by atoms with Gasteiger partial charge in [0.05, 0.1) is 26.4 Å². The van der Waals surface area contributed by atoms with Crippen LogP contribution in [0.3, 0.4) is 0 Å². The monoisotopic (exact) mass is 668 g/mol. The molecule has 2 aromatic heterocycles. The van der Waals surface area contributed by atoms with Crippen molar-refractivity contribution in [3.63, 3.8) is 0 Å². The van der Waals surface area contributed by atoms with Crippen LogP contribution < -0.4 is 18.9 Å². The second-order valence-corrected chi connectivity index (χ2v) is 11.3. The molecule has 0 atom stereocenters. The molecule has 0 aliphatic rings. The van der Waals surface area contributed by atoms with Crippen molar-refractivity contribution < 1.29 is 28.4 Å². The van der Waals surface area contributed by atoms with Crippen molar-refractivity contribution in [3.8, 4) is 45.5 Å². The van der Waals surface area contributed by atoms with E-state index >= 15 is 0 Å². The number of hydrogen-bond acceptors (Lipinski definition) is 8. The Bertz CT molecular complexity index is 1680. The Labute approximate surface area is 293 Å². The summed E-state index contributed by atoms with van der Waals surface area (Å²) in [6, 6.07) is 43.7.